The van der Waals surface area contributed by atoms with Crippen LogP contribution in [-0.4, -0.2) is 5.71 Å². The van der Waals surface area contributed by atoms with E-state index in [-0.39, 0.29) is 11.5 Å². The Hall–Kier alpha value is -3.38. The molecule has 0 heterocycles. The van der Waals surface area contributed by atoms with Crippen molar-refractivity contribution in [2.45, 2.75) is 0 Å². The van der Waals surface area contributed by atoms with Crippen molar-refractivity contribution in [1.29, 1.82) is 10.5 Å². The molecule has 5 nitrogen and oxygen atoms in total. The van der Waals surface area contributed by atoms with Crippen molar-refractivity contribution >= 4 is 11.4 Å². The molecule has 0 aliphatic heterocycles. The monoisotopic (exact) mass is 280 g/mol. The van der Waals surface area contributed by atoms with Gasteiger partial charge in [0.2, 0.25) is 5.71 Å². The number of nitrogens with zero attached hydrogens (tertiary/aromatic N) is 3. The second-order valence-corrected chi connectivity index (χ2v) is 3.88. The Balaban J connectivity index is 2.04. The van der Waals surface area contributed by atoms with Crippen LogP contribution < -0.4 is 10.2 Å². The number of nitrogens with one attached hydrogen (secondary N) is 1. The normalized spacial score (nSPS) is 9.10. The highest BCUT2D eigenvalue weighted by Crippen LogP contribution is 2.23. The first-order valence-corrected chi connectivity index (χ1v) is 5.88. The summed E-state index contributed by atoms with van der Waals surface area (Å²) in [6.07, 6.45) is 0. The lowest BCUT2D eigenvalue weighted by Crippen LogP contribution is -1.96. The van der Waals surface area contributed by atoms with Gasteiger partial charge in [-0.2, -0.15) is 15.6 Å². The number of halogens is 1. The van der Waals surface area contributed by atoms with E-state index >= 15 is 0 Å². The third kappa shape index (κ3) is 4.05. The molecule has 0 spiro atoms. The lowest BCUT2D eigenvalue weighted by atomic mass is 10.3. The zero-order valence-electron chi connectivity index (χ0n) is 10.7. The number of hydrazone groups is 1. The van der Waals surface area contributed by atoms with Gasteiger partial charge in [0.25, 0.3) is 0 Å². The van der Waals surface area contributed by atoms with Crippen LogP contribution in [0.4, 0.5) is 10.1 Å². The van der Waals surface area contributed by atoms with Crippen LogP contribution in [0.3, 0.4) is 0 Å². The van der Waals surface area contributed by atoms with Gasteiger partial charge in [0.1, 0.15) is 29.5 Å². The van der Waals surface area contributed by atoms with Gasteiger partial charge < -0.3 is 4.74 Å². The summed E-state index contributed by atoms with van der Waals surface area (Å²) in [5.41, 5.74) is 2.89. The Bertz CT molecular complexity index is 726. The highest BCUT2D eigenvalue weighted by atomic mass is 19.1. The molecule has 6 heteroatoms. The van der Waals surface area contributed by atoms with E-state index in [2.05, 4.69) is 10.5 Å². The second kappa shape index (κ2) is 6.69. The van der Waals surface area contributed by atoms with Gasteiger partial charge in [0, 0.05) is 6.07 Å². The minimum atomic E-state index is -0.374. The van der Waals surface area contributed by atoms with Crippen LogP contribution in [-0.2, 0) is 0 Å². The average Bonchev–Trinajstić information content (AvgIpc) is 2.50. The van der Waals surface area contributed by atoms with Crippen LogP contribution in [0.5, 0.6) is 11.5 Å². The molecule has 1 N–H and O–H groups in total. The van der Waals surface area contributed by atoms with Crippen LogP contribution in [0.25, 0.3) is 0 Å². The third-order valence-corrected chi connectivity index (χ3v) is 2.39. The molecule has 2 rings (SSSR count). The molecule has 0 unspecified atom stereocenters. The van der Waals surface area contributed by atoms with Crippen molar-refractivity contribution in [1.82, 2.24) is 0 Å². The number of nitriles is 2. The molecule has 0 aromatic heterocycles. The largest absolute Gasteiger partial charge is 0.457 e. The second-order valence-electron chi connectivity index (χ2n) is 3.88. The molecule has 0 saturated heterocycles. The van der Waals surface area contributed by atoms with Crippen LogP contribution in [0, 0.1) is 28.5 Å². The Labute approximate surface area is 120 Å². The highest BCUT2D eigenvalue weighted by molar-refractivity contribution is 6.10. The molecule has 0 fully saturated rings. The molecule has 0 saturated carbocycles. The minimum absolute atomic E-state index is 0.268. The number of hydrogen-bond donors (Lipinski definition) is 1. The van der Waals surface area contributed by atoms with Gasteiger partial charge in [-0.15, -0.1) is 0 Å². The standard InChI is InChI=1S/C15H9FN4O/c16-11-2-1-3-15(8-11)21-14-6-4-12(5-7-14)19-20-13(9-17)10-18/h1-8,19H. The van der Waals surface area contributed by atoms with Gasteiger partial charge >= 0.3 is 0 Å². The topological polar surface area (TPSA) is 81.2 Å². The quantitative estimate of drug-likeness (QED) is 0.687. The molecule has 0 bridgehead atoms. The maximum absolute atomic E-state index is 13.0. The van der Waals surface area contributed by atoms with Gasteiger partial charge in [0.15, 0.2) is 0 Å². The Morgan fingerprint density at radius 2 is 1.76 bits per heavy atom. The van der Waals surface area contributed by atoms with Gasteiger partial charge in [-0.3, -0.25) is 5.43 Å². The molecule has 2 aromatic carbocycles. The van der Waals surface area contributed by atoms with Crippen LogP contribution in [0.1, 0.15) is 0 Å². The minimum Gasteiger partial charge on any atom is -0.457 e. The third-order valence-electron chi connectivity index (χ3n) is 2.39. The number of anilines is 1. The smallest absolute Gasteiger partial charge is 0.237 e. The summed E-state index contributed by atoms with van der Waals surface area (Å²) in [5, 5.41) is 20.7. The molecule has 0 radical (unpaired) electrons. The molecule has 0 amide bonds. The molecule has 2 aromatic rings. The lowest BCUT2D eigenvalue weighted by Gasteiger charge is -2.06. The van der Waals surface area contributed by atoms with E-state index in [1.165, 1.54) is 12.1 Å². The first-order valence-electron chi connectivity index (χ1n) is 5.88. The fourth-order valence-corrected chi connectivity index (χ4v) is 1.46. The Kier molecular flexibility index (Phi) is 4.47. The number of benzene rings is 2. The van der Waals surface area contributed by atoms with Crippen molar-refractivity contribution in [3.05, 3.63) is 54.3 Å². The van der Waals surface area contributed by atoms with E-state index < -0.39 is 0 Å². The summed E-state index contributed by atoms with van der Waals surface area (Å²) in [6, 6.07) is 15.7. The molecule has 102 valence electrons. The van der Waals surface area contributed by atoms with Crippen molar-refractivity contribution in [3.8, 4) is 23.6 Å². The van der Waals surface area contributed by atoms with E-state index in [0.29, 0.717) is 17.2 Å². The number of ether oxygens (including phenoxy) is 1. The van der Waals surface area contributed by atoms with Crippen LogP contribution in [0.15, 0.2) is 53.6 Å². The molecular formula is C15H9FN4O. The van der Waals surface area contributed by atoms with Crippen LogP contribution >= 0.6 is 0 Å². The summed E-state index contributed by atoms with van der Waals surface area (Å²) in [6.45, 7) is 0. The van der Waals surface area contributed by atoms with E-state index in [4.69, 9.17) is 15.3 Å². The molecule has 21 heavy (non-hydrogen) atoms. The summed E-state index contributed by atoms with van der Waals surface area (Å²) < 4.78 is 18.5. The SMILES string of the molecule is N#CC(C#N)=NNc1ccc(Oc2cccc(F)c2)cc1. The highest BCUT2D eigenvalue weighted by Gasteiger charge is 2.00. The van der Waals surface area contributed by atoms with Gasteiger partial charge in [-0.1, -0.05) is 6.07 Å². The Morgan fingerprint density at radius 1 is 1.05 bits per heavy atom. The Morgan fingerprint density at radius 3 is 2.38 bits per heavy atom. The fraction of sp³-hybridized carbons (Fsp3) is 0. The zero-order chi connectivity index (χ0) is 15.1. The lowest BCUT2D eigenvalue weighted by molar-refractivity contribution is 0.477. The van der Waals surface area contributed by atoms with E-state index in [1.54, 1.807) is 48.5 Å². The van der Waals surface area contributed by atoms with Crippen molar-refractivity contribution in [2.24, 2.45) is 5.10 Å². The first-order chi connectivity index (χ1) is 10.2. The van der Waals surface area contributed by atoms with Crippen molar-refractivity contribution < 1.29 is 9.13 Å². The summed E-state index contributed by atoms with van der Waals surface area (Å²) in [5.74, 6) is 0.543. The van der Waals surface area contributed by atoms with Crippen LogP contribution in [0.2, 0.25) is 0 Å². The predicted octanol–water partition coefficient (Wildman–Crippen LogP) is 3.43. The van der Waals surface area contributed by atoms with E-state index in [1.807, 2.05) is 0 Å². The van der Waals surface area contributed by atoms with Crippen molar-refractivity contribution in [2.75, 3.05) is 5.43 Å². The number of rotatable bonds is 4. The molecule has 0 aliphatic rings. The molecule has 0 aliphatic carbocycles. The average molecular weight is 280 g/mol. The fourth-order valence-electron chi connectivity index (χ4n) is 1.46. The number of hydrogen-bond acceptors (Lipinski definition) is 5. The maximum Gasteiger partial charge on any atom is 0.237 e. The van der Waals surface area contributed by atoms with E-state index in [0.717, 1.165) is 0 Å². The molecule has 0 atom stereocenters. The zero-order valence-corrected chi connectivity index (χ0v) is 10.7. The molecular weight excluding hydrogens is 271 g/mol. The summed E-state index contributed by atoms with van der Waals surface area (Å²) in [4.78, 5) is 0. The van der Waals surface area contributed by atoms with Gasteiger partial charge in [-0.05, 0) is 36.4 Å². The summed E-state index contributed by atoms with van der Waals surface area (Å²) in [7, 11) is 0. The van der Waals surface area contributed by atoms with Gasteiger partial charge in [-0.25, -0.2) is 4.39 Å². The maximum atomic E-state index is 13.0. The predicted molar refractivity (Wildman–Crippen MR) is 75.2 cm³/mol. The van der Waals surface area contributed by atoms with E-state index in [9.17, 15) is 4.39 Å². The first kappa shape index (κ1) is 14.0. The summed E-state index contributed by atoms with van der Waals surface area (Å²) >= 11 is 0. The van der Waals surface area contributed by atoms with Crippen molar-refractivity contribution in [3.63, 3.8) is 0 Å². The van der Waals surface area contributed by atoms with Gasteiger partial charge in [0.05, 0.1) is 5.69 Å².